The van der Waals surface area contributed by atoms with Crippen LogP contribution in [0.4, 0.5) is 5.69 Å². The van der Waals surface area contributed by atoms with E-state index in [0.29, 0.717) is 30.6 Å². The van der Waals surface area contributed by atoms with Crippen molar-refractivity contribution in [3.05, 3.63) is 35.9 Å². The number of amides is 2. The maximum Gasteiger partial charge on any atom is 0.530 e. The maximum atomic E-state index is 13.0. The number of nitrogens with one attached hydrogen (secondary N) is 3. The van der Waals surface area contributed by atoms with Gasteiger partial charge in [0.15, 0.2) is 12.2 Å². The first-order valence-electron chi connectivity index (χ1n) is 12.0. The van der Waals surface area contributed by atoms with Gasteiger partial charge in [-0.3, -0.25) is 24.0 Å². The number of rotatable bonds is 11. The van der Waals surface area contributed by atoms with Crippen LogP contribution in [0.3, 0.4) is 0 Å². The number of fused-ring (bicyclic) bond motifs is 1. The Bertz CT molecular complexity index is 1310. The van der Waals surface area contributed by atoms with Gasteiger partial charge < -0.3 is 47.3 Å². The second-order valence-corrected chi connectivity index (χ2v) is 10.6. The van der Waals surface area contributed by atoms with Crippen molar-refractivity contribution in [1.82, 2.24) is 20.1 Å². The van der Waals surface area contributed by atoms with Gasteiger partial charge in [0.25, 0.3) is 5.91 Å². The summed E-state index contributed by atoms with van der Waals surface area (Å²) < 4.78 is 35.7. The van der Waals surface area contributed by atoms with E-state index in [9.17, 15) is 24.4 Å². The van der Waals surface area contributed by atoms with Crippen molar-refractivity contribution in [2.75, 3.05) is 18.5 Å². The van der Waals surface area contributed by atoms with Gasteiger partial charge in [-0.05, 0) is 31.0 Å². The van der Waals surface area contributed by atoms with Crippen molar-refractivity contribution in [1.29, 1.82) is 5.41 Å². The molecule has 4 rings (SSSR count). The fourth-order valence-corrected chi connectivity index (χ4v) is 5.12. The lowest BCUT2D eigenvalue weighted by Crippen LogP contribution is -2.37. The number of nitrogens with two attached hydrogens (primary N) is 3. The quantitative estimate of drug-likeness (QED) is 0.0631. The summed E-state index contributed by atoms with van der Waals surface area (Å²) in [5.41, 5.74) is 17.1. The lowest BCUT2D eigenvalue weighted by atomic mass is 10.1. The van der Waals surface area contributed by atoms with Gasteiger partial charge in [-0.25, -0.2) is 14.2 Å². The van der Waals surface area contributed by atoms with E-state index in [1.54, 1.807) is 6.07 Å². The highest BCUT2D eigenvalue weighted by Crippen LogP contribution is 2.55. The number of nitrogens with zero attached hydrogens (tertiary/aromatic N) is 3. The molecule has 1 aromatic heterocycles. The molecule has 2 amide bonds. The number of hydrogen-bond donors (Lipinski definition) is 8. The molecule has 218 valence electrons. The zero-order chi connectivity index (χ0) is 29.0. The van der Waals surface area contributed by atoms with Gasteiger partial charge in [0.1, 0.15) is 30.4 Å². The molecule has 0 spiro atoms. The Balaban J connectivity index is 1.29. The number of aliphatic hydroxyl groups excluding tert-OH is 2. The third-order valence-electron chi connectivity index (χ3n) is 5.98. The molecular weight excluding hydrogens is 553 g/mol. The van der Waals surface area contributed by atoms with E-state index in [-0.39, 0.29) is 24.1 Å². The SMILES string of the molecule is N=C(N)NCCC[C@H](N)C(=O)Nc1ccc2c(c1)COP(=O)(OC[C@H]1O[C@@H](n3cnc(C(N)=O)n3)[C@H](O)[C@@H]1O)O2. The van der Waals surface area contributed by atoms with Gasteiger partial charge in [-0.15, -0.1) is 5.10 Å². The molecule has 6 atom stereocenters. The summed E-state index contributed by atoms with van der Waals surface area (Å²) in [4.78, 5) is 27.3. The van der Waals surface area contributed by atoms with Crippen LogP contribution in [0.5, 0.6) is 5.75 Å². The highest BCUT2D eigenvalue weighted by Gasteiger charge is 2.46. The monoisotopic (exact) mass is 583 g/mol. The van der Waals surface area contributed by atoms with Gasteiger partial charge in [0, 0.05) is 17.8 Å². The molecule has 2 aliphatic heterocycles. The van der Waals surface area contributed by atoms with Gasteiger partial charge in [-0.1, -0.05) is 0 Å². The zero-order valence-corrected chi connectivity index (χ0v) is 21.9. The van der Waals surface area contributed by atoms with Crippen LogP contribution in [0.2, 0.25) is 0 Å². The molecule has 0 saturated carbocycles. The molecule has 1 unspecified atom stereocenters. The lowest BCUT2D eigenvalue weighted by Gasteiger charge is -2.26. The van der Waals surface area contributed by atoms with E-state index in [4.69, 9.17) is 40.9 Å². The number of phosphoric acid groups is 1. The molecule has 3 heterocycles. The van der Waals surface area contributed by atoms with Crippen LogP contribution in [0, 0.1) is 5.41 Å². The van der Waals surface area contributed by atoms with Crippen molar-refractivity contribution in [3.63, 3.8) is 0 Å². The first-order valence-corrected chi connectivity index (χ1v) is 13.5. The largest absolute Gasteiger partial charge is 0.530 e. The predicted molar refractivity (Wildman–Crippen MR) is 136 cm³/mol. The van der Waals surface area contributed by atoms with Crippen LogP contribution in [0.1, 0.15) is 35.3 Å². The summed E-state index contributed by atoms with van der Waals surface area (Å²) in [6.45, 7) is -0.238. The van der Waals surface area contributed by atoms with Crippen molar-refractivity contribution in [2.24, 2.45) is 17.2 Å². The molecule has 18 nitrogen and oxygen atoms in total. The average Bonchev–Trinajstić information content (AvgIpc) is 3.51. The Kier molecular flexibility index (Phi) is 8.99. The van der Waals surface area contributed by atoms with E-state index in [0.717, 1.165) is 11.0 Å². The summed E-state index contributed by atoms with van der Waals surface area (Å²) in [5, 5.41) is 36.9. The topological polar surface area (TPSA) is 285 Å². The second kappa shape index (κ2) is 12.3. The Morgan fingerprint density at radius 2 is 2.08 bits per heavy atom. The summed E-state index contributed by atoms with van der Waals surface area (Å²) in [7, 11) is -4.13. The Morgan fingerprint density at radius 1 is 1.30 bits per heavy atom. The molecule has 0 bridgehead atoms. The maximum absolute atomic E-state index is 13.0. The van der Waals surface area contributed by atoms with E-state index in [1.165, 1.54) is 12.1 Å². The first kappa shape index (κ1) is 29.3. The molecule has 40 heavy (non-hydrogen) atoms. The number of ether oxygens (including phenoxy) is 1. The normalized spacial score (nSPS) is 26.4. The van der Waals surface area contributed by atoms with Crippen molar-refractivity contribution >= 4 is 31.3 Å². The van der Waals surface area contributed by atoms with Crippen LogP contribution in [-0.2, 0) is 29.8 Å². The highest BCUT2D eigenvalue weighted by atomic mass is 31.2. The van der Waals surface area contributed by atoms with E-state index < -0.39 is 56.8 Å². The first-order chi connectivity index (χ1) is 19.0. The number of carbonyl (C=O) groups is 2. The van der Waals surface area contributed by atoms with Gasteiger partial charge in [-0.2, -0.15) is 0 Å². The van der Waals surface area contributed by atoms with Crippen LogP contribution < -0.4 is 32.4 Å². The number of benzene rings is 1. The number of aliphatic hydroxyl groups is 2. The molecule has 0 aliphatic carbocycles. The minimum absolute atomic E-state index is 0.159. The third-order valence-corrected chi connectivity index (χ3v) is 7.32. The van der Waals surface area contributed by atoms with Crippen LogP contribution in [-0.4, -0.2) is 80.3 Å². The molecule has 2 aliphatic rings. The standard InChI is InChI=1S/C21H30N9O9P/c22-12(2-1-5-26-21(24)25)19(34)28-11-3-4-13-10(6-11)7-36-40(35,39-13)37-8-14-15(31)16(32)20(38-14)30-9-27-18(29-30)17(23)33/h3-4,6,9,12,14-16,20,31-32H,1-2,5,7-8,22H2,(H2,23,33)(H,28,34)(H4,24,25,26)/t12-,14+,15+,16+,20+,40?/m0/s1. The molecular formula is C21H30N9O9P. The molecule has 2 aromatic rings. The Labute approximate surface area is 227 Å². The number of carbonyl (C=O) groups excluding carboxylic acids is 2. The predicted octanol–water partition coefficient (Wildman–Crippen LogP) is -1.74. The molecule has 11 N–H and O–H groups in total. The number of phosphoric ester groups is 1. The smallest absolute Gasteiger partial charge is 0.404 e. The third kappa shape index (κ3) is 6.92. The minimum Gasteiger partial charge on any atom is -0.404 e. The van der Waals surface area contributed by atoms with Gasteiger partial charge in [0.2, 0.25) is 11.7 Å². The summed E-state index contributed by atoms with van der Waals surface area (Å²) in [6, 6.07) is 3.80. The fraction of sp³-hybridized carbons (Fsp3) is 0.476. The molecule has 1 saturated heterocycles. The molecule has 1 fully saturated rings. The molecule has 1 aromatic carbocycles. The molecule has 0 radical (unpaired) electrons. The Hall–Kier alpha value is -3.64. The number of aromatic nitrogens is 3. The van der Waals surface area contributed by atoms with Gasteiger partial charge >= 0.3 is 7.82 Å². The number of hydrogen-bond acceptors (Lipinski definition) is 13. The van der Waals surface area contributed by atoms with E-state index in [1.807, 2.05) is 0 Å². The minimum atomic E-state index is -4.13. The zero-order valence-electron chi connectivity index (χ0n) is 21.0. The highest BCUT2D eigenvalue weighted by molar-refractivity contribution is 7.49. The summed E-state index contributed by atoms with van der Waals surface area (Å²) in [5.74, 6) is -1.57. The van der Waals surface area contributed by atoms with Crippen LogP contribution in [0.25, 0.3) is 0 Å². The fourth-order valence-electron chi connectivity index (χ4n) is 3.89. The number of guanidine groups is 1. The summed E-state index contributed by atoms with van der Waals surface area (Å²) >= 11 is 0. The number of anilines is 1. The number of primary amides is 1. The van der Waals surface area contributed by atoms with E-state index in [2.05, 4.69) is 20.7 Å². The Morgan fingerprint density at radius 3 is 2.77 bits per heavy atom. The van der Waals surface area contributed by atoms with Crippen molar-refractivity contribution in [2.45, 2.75) is 50.0 Å². The van der Waals surface area contributed by atoms with Crippen LogP contribution >= 0.6 is 7.82 Å². The van der Waals surface area contributed by atoms with Crippen LogP contribution in [0.15, 0.2) is 24.5 Å². The molecule has 19 heteroatoms. The lowest BCUT2D eigenvalue weighted by molar-refractivity contribution is -0.117. The van der Waals surface area contributed by atoms with Crippen molar-refractivity contribution in [3.8, 4) is 5.75 Å². The van der Waals surface area contributed by atoms with Crippen molar-refractivity contribution < 1.29 is 42.7 Å². The van der Waals surface area contributed by atoms with Gasteiger partial charge in [0.05, 0.1) is 19.3 Å². The summed E-state index contributed by atoms with van der Waals surface area (Å²) in [6.07, 6.45) is -3.28. The second-order valence-electron chi connectivity index (χ2n) is 8.97. The van der Waals surface area contributed by atoms with E-state index >= 15 is 0 Å². The average molecular weight is 583 g/mol.